The second-order valence-corrected chi connectivity index (χ2v) is 7.77. The van der Waals surface area contributed by atoms with Gasteiger partial charge >= 0.3 is 0 Å². The van der Waals surface area contributed by atoms with Crippen LogP contribution in [0.15, 0.2) is 71.6 Å². The molecule has 0 saturated carbocycles. The molecule has 3 rings (SSSR count). The maximum Gasteiger partial charge on any atom is 0.262 e. The molecule has 0 radical (unpaired) electrons. The van der Waals surface area contributed by atoms with Gasteiger partial charge in [0, 0.05) is 12.1 Å². The lowest BCUT2D eigenvalue weighted by molar-refractivity contribution is 0.405. The Balaban J connectivity index is 1.83. The summed E-state index contributed by atoms with van der Waals surface area (Å²) < 4.78 is 44.0. The average molecular weight is 420 g/mol. The predicted octanol–water partition coefficient (Wildman–Crippen LogP) is 4.95. The zero-order valence-electron chi connectivity index (χ0n) is 15.2. The molecular weight excluding hydrogens is 402 g/mol. The number of sulfonamides is 1. The van der Waals surface area contributed by atoms with E-state index in [1.165, 1.54) is 38.5 Å². The maximum atomic E-state index is 12.7. The molecule has 1 N–H and O–H groups in total. The average Bonchev–Trinajstić information content (AvgIpc) is 2.70. The van der Waals surface area contributed by atoms with Crippen LogP contribution in [0.2, 0.25) is 5.02 Å². The molecule has 28 heavy (non-hydrogen) atoms. The fourth-order valence-corrected chi connectivity index (χ4v) is 3.75. The van der Waals surface area contributed by atoms with E-state index >= 15 is 0 Å². The van der Waals surface area contributed by atoms with E-state index in [4.69, 9.17) is 25.8 Å². The number of hydrogen-bond acceptors (Lipinski definition) is 5. The molecule has 0 atom stereocenters. The highest BCUT2D eigenvalue weighted by atomic mass is 35.5. The number of methoxy groups -OCH3 is 2. The van der Waals surface area contributed by atoms with Gasteiger partial charge in [-0.1, -0.05) is 29.8 Å². The van der Waals surface area contributed by atoms with Crippen LogP contribution in [-0.2, 0) is 10.0 Å². The minimum Gasteiger partial charge on any atom is -0.495 e. The summed E-state index contributed by atoms with van der Waals surface area (Å²) in [4.78, 5) is 0.0730. The van der Waals surface area contributed by atoms with Crippen LogP contribution in [0.5, 0.6) is 23.0 Å². The fraction of sp³-hybridized carbons (Fsp3) is 0.100. The number of halogens is 1. The SMILES string of the molecule is COc1cc(NS(=O)(=O)c2ccc(Oc3ccccc3)cc2)c(OC)cc1Cl. The van der Waals surface area contributed by atoms with Gasteiger partial charge in [-0.2, -0.15) is 0 Å². The Labute approximate surface area is 168 Å². The van der Waals surface area contributed by atoms with Crippen LogP contribution in [-0.4, -0.2) is 22.6 Å². The summed E-state index contributed by atoms with van der Waals surface area (Å²) in [6.07, 6.45) is 0. The van der Waals surface area contributed by atoms with Crippen LogP contribution in [0.3, 0.4) is 0 Å². The van der Waals surface area contributed by atoms with E-state index in [-0.39, 0.29) is 16.3 Å². The molecule has 0 fully saturated rings. The molecule has 0 saturated heterocycles. The summed E-state index contributed by atoms with van der Waals surface area (Å²) in [6, 6.07) is 18.2. The molecule has 146 valence electrons. The predicted molar refractivity (Wildman–Crippen MR) is 108 cm³/mol. The minimum absolute atomic E-state index is 0.0730. The molecule has 0 aliphatic heterocycles. The second kappa shape index (κ2) is 8.41. The zero-order valence-corrected chi connectivity index (χ0v) is 16.8. The number of hydrogen-bond donors (Lipinski definition) is 1. The molecule has 0 unspecified atom stereocenters. The molecule has 0 aliphatic rings. The zero-order chi connectivity index (χ0) is 20.1. The second-order valence-electron chi connectivity index (χ2n) is 5.68. The van der Waals surface area contributed by atoms with Gasteiger partial charge in [0.05, 0.1) is 29.8 Å². The standard InChI is InChI=1S/C20H18ClNO5S/c1-25-19-13-18(20(26-2)12-17(19)21)22-28(23,24)16-10-8-15(9-11-16)27-14-6-4-3-5-7-14/h3-13,22H,1-2H3. The monoisotopic (exact) mass is 419 g/mol. The highest BCUT2D eigenvalue weighted by molar-refractivity contribution is 7.92. The molecule has 3 aromatic carbocycles. The van der Waals surface area contributed by atoms with E-state index in [9.17, 15) is 8.42 Å². The maximum absolute atomic E-state index is 12.7. The fourth-order valence-electron chi connectivity index (χ4n) is 2.46. The molecule has 0 aliphatic carbocycles. The molecule has 6 nitrogen and oxygen atoms in total. The summed E-state index contributed by atoms with van der Waals surface area (Å²) in [5, 5.41) is 0.310. The normalized spacial score (nSPS) is 11.0. The van der Waals surface area contributed by atoms with Gasteiger partial charge in [-0.3, -0.25) is 4.72 Å². The van der Waals surface area contributed by atoms with Crippen molar-refractivity contribution in [1.82, 2.24) is 0 Å². The van der Waals surface area contributed by atoms with E-state index in [2.05, 4.69) is 4.72 Å². The van der Waals surface area contributed by atoms with Crippen molar-refractivity contribution in [3.05, 3.63) is 71.8 Å². The lowest BCUT2D eigenvalue weighted by Gasteiger charge is -2.14. The molecule has 0 bridgehead atoms. The lowest BCUT2D eigenvalue weighted by Crippen LogP contribution is -2.13. The largest absolute Gasteiger partial charge is 0.495 e. The highest BCUT2D eigenvalue weighted by Crippen LogP contribution is 2.37. The van der Waals surface area contributed by atoms with Crippen LogP contribution in [0.4, 0.5) is 5.69 Å². The Morgan fingerprint density at radius 3 is 2.04 bits per heavy atom. The summed E-state index contributed by atoms with van der Waals surface area (Å²) in [5.74, 6) is 1.79. The Kier molecular flexibility index (Phi) is 5.96. The molecular formula is C20H18ClNO5S. The van der Waals surface area contributed by atoms with Gasteiger partial charge in [0.2, 0.25) is 0 Å². The summed E-state index contributed by atoms with van der Waals surface area (Å²) in [5.41, 5.74) is 0.216. The molecule has 0 heterocycles. The number of rotatable bonds is 7. The third-order valence-electron chi connectivity index (χ3n) is 3.83. The van der Waals surface area contributed by atoms with Crippen LogP contribution in [0.1, 0.15) is 0 Å². The van der Waals surface area contributed by atoms with Gasteiger partial charge in [0.1, 0.15) is 23.0 Å². The van der Waals surface area contributed by atoms with E-state index in [1.54, 1.807) is 12.1 Å². The first kappa shape index (κ1) is 19.9. The molecule has 3 aromatic rings. The molecule has 0 aromatic heterocycles. The summed E-state index contributed by atoms with van der Waals surface area (Å²) in [7, 11) is -0.993. The number of nitrogens with one attached hydrogen (secondary N) is 1. The highest BCUT2D eigenvalue weighted by Gasteiger charge is 2.19. The van der Waals surface area contributed by atoms with Crippen LogP contribution in [0, 0.1) is 0 Å². The van der Waals surface area contributed by atoms with Crippen molar-refractivity contribution in [2.45, 2.75) is 4.90 Å². The Morgan fingerprint density at radius 1 is 0.821 bits per heavy atom. The van der Waals surface area contributed by atoms with E-state index in [0.717, 1.165) is 0 Å². The summed E-state index contributed by atoms with van der Waals surface area (Å²) >= 11 is 6.06. The van der Waals surface area contributed by atoms with E-state index in [0.29, 0.717) is 22.3 Å². The quantitative estimate of drug-likeness (QED) is 0.586. The van der Waals surface area contributed by atoms with E-state index < -0.39 is 10.0 Å². The Bertz CT molecular complexity index is 1050. The Hall–Kier alpha value is -2.90. The smallest absolute Gasteiger partial charge is 0.262 e. The topological polar surface area (TPSA) is 73.9 Å². The van der Waals surface area contributed by atoms with Crippen LogP contribution in [0.25, 0.3) is 0 Å². The van der Waals surface area contributed by atoms with Crippen molar-refractivity contribution in [2.24, 2.45) is 0 Å². The van der Waals surface area contributed by atoms with Gasteiger partial charge in [-0.05, 0) is 36.4 Å². The van der Waals surface area contributed by atoms with Crippen LogP contribution < -0.4 is 18.9 Å². The van der Waals surface area contributed by atoms with Gasteiger partial charge in [-0.25, -0.2) is 8.42 Å². The number of ether oxygens (including phenoxy) is 3. The van der Waals surface area contributed by atoms with Crippen molar-refractivity contribution < 1.29 is 22.6 Å². The summed E-state index contributed by atoms with van der Waals surface area (Å²) in [6.45, 7) is 0. The van der Waals surface area contributed by atoms with Gasteiger partial charge < -0.3 is 14.2 Å². The van der Waals surface area contributed by atoms with Crippen LogP contribution >= 0.6 is 11.6 Å². The van der Waals surface area contributed by atoms with Gasteiger partial charge in [0.15, 0.2) is 0 Å². The number of benzene rings is 3. The molecule has 0 amide bonds. The Morgan fingerprint density at radius 2 is 1.43 bits per heavy atom. The van der Waals surface area contributed by atoms with Crippen molar-refractivity contribution >= 4 is 27.3 Å². The number of para-hydroxylation sites is 1. The number of anilines is 1. The molecule has 0 spiro atoms. The van der Waals surface area contributed by atoms with Crippen molar-refractivity contribution in [2.75, 3.05) is 18.9 Å². The van der Waals surface area contributed by atoms with Gasteiger partial charge in [0.25, 0.3) is 10.0 Å². The molecule has 8 heteroatoms. The third-order valence-corrected chi connectivity index (χ3v) is 5.51. The first-order chi connectivity index (χ1) is 13.4. The van der Waals surface area contributed by atoms with Gasteiger partial charge in [-0.15, -0.1) is 0 Å². The minimum atomic E-state index is -3.86. The van der Waals surface area contributed by atoms with Crippen molar-refractivity contribution in [1.29, 1.82) is 0 Å². The third kappa shape index (κ3) is 4.49. The first-order valence-corrected chi connectivity index (χ1v) is 10.1. The van der Waals surface area contributed by atoms with Crippen molar-refractivity contribution in [3.8, 4) is 23.0 Å². The van der Waals surface area contributed by atoms with E-state index in [1.807, 2.05) is 30.3 Å². The lowest BCUT2D eigenvalue weighted by atomic mass is 10.3. The van der Waals surface area contributed by atoms with Crippen molar-refractivity contribution in [3.63, 3.8) is 0 Å². The first-order valence-electron chi connectivity index (χ1n) is 8.20.